The molecule has 0 saturated carbocycles. The summed E-state index contributed by atoms with van der Waals surface area (Å²) >= 11 is 0. The molecule has 12 heteroatoms. The van der Waals surface area contributed by atoms with Gasteiger partial charge in [-0.25, -0.2) is 9.97 Å². The van der Waals surface area contributed by atoms with Crippen LogP contribution in [-0.4, -0.2) is 45.8 Å². The summed E-state index contributed by atoms with van der Waals surface area (Å²) in [6.07, 6.45) is 1.97. The van der Waals surface area contributed by atoms with Crippen molar-refractivity contribution in [1.29, 1.82) is 0 Å². The molecule has 1 aliphatic rings. The quantitative estimate of drug-likeness (QED) is 0.347. The fourth-order valence-corrected chi connectivity index (χ4v) is 3.69. The number of aromatic nitrogens is 2. The van der Waals surface area contributed by atoms with Gasteiger partial charge in [0.2, 0.25) is 11.7 Å². The molecule has 1 unspecified atom stereocenters. The molecule has 0 radical (unpaired) electrons. The van der Waals surface area contributed by atoms with Gasteiger partial charge in [-0.2, -0.15) is 13.2 Å². The summed E-state index contributed by atoms with van der Waals surface area (Å²) in [6, 6.07) is -0.741. The van der Waals surface area contributed by atoms with E-state index in [-0.39, 0.29) is 29.0 Å². The standard InChI is InChI=1S/C21H30F3N7O2/c1-12-15(17(27)30-20(29-12)21(22,23)24)6-5-14-7-10-31(11-8-14)19(33)13(2)28-18(32)16(26)4-3-9-25/h3-4,9,13-14H,5-8,10-11,25-26H2,1-2H3,(H,28,32)(H2,27,29,30)/b9-3-,16-4-. The highest BCUT2D eigenvalue weighted by Gasteiger charge is 2.36. The van der Waals surface area contributed by atoms with Crippen LogP contribution in [0.2, 0.25) is 0 Å². The molecule has 1 atom stereocenters. The molecule has 0 aromatic carbocycles. The Morgan fingerprint density at radius 3 is 2.45 bits per heavy atom. The predicted octanol–water partition coefficient (Wildman–Crippen LogP) is 1.38. The molecule has 182 valence electrons. The van der Waals surface area contributed by atoms with Gasteiger partial charge in [-0.3, -0.25) is 9.59 Å². The highest BCUT2D eigenvalue weighted by Crippen LogP contribution is 2.30. The van der Waals surface area contributed by atoms with E-state index in [1.807, 2.05) is 0 Å². The average Bonchev–Trinajstić information content (AvgIpc) is 2.75. The first-order chi connectivity index (χ1) is 15.4. The van der Waals surface area contributed by atoms with Gasteiger partial charge in [0, 0.05) is 24.3 Å². The Morgan fingerprint density at radius 1 is 1.27 bits per heavy atom. The second kappa shape index (κ2) is 11.0. The zero-order chi connectivity index (χ0) is 24.8. The minimum Gasteiger partial charge on any atom is -0.405 e. The topological polar surface area (TPSA) is 153 Å². The van der Waals surface area contributed by atoms with E-state index in [9.17, 15) is 22.8 Å². The lowest BCUT2D eigenvalue weighted by molar-refractivity contribution is -0.145. The Kier molecular flexibility index (Phi) is 8.66. The van der Waals surface area contributed by atoms with Crippen molar-refractivity contribution in [2.45, 2.75) is 51.7 Å². The zero-order valence-corrected chi connectivity index (χ0v) is 18.7. The highest BCUT2D eigenvalue weighted by molar-refractivity contribution is 5.96. The average molecular weight is 470 g/mol. The minimum atomic E-state index is -4.64. The van der Waals surface area contributed by atoms with Gasteiger partial charge in [0.05, 0.1) is 5.70 Å². The Morgan fingerprint density at radius 2 is 1.91 bits per heavy atom. The number of carbonyl (C=O) groups excluding carboxylic acids is 2. The smallest absolute Gasteiger partial charge is 0.405 e. The van der Waals surface area contributed by atoms with Crippen LogP contribution < -0.4 is 22.5 Å². The number of piperidine rings is 1. The summed E-state index contributed by atoms with van der Waals surface area (Å²) in [7, 11) is 0. The van der Waals surface area contributed by atoms with Crippen molar-refractivity contribution in [3.05, 3.63) is 41.1 Å². The minimum absolute atomic E-state index is 0.0585. The number of amides is 2. The number of allylic oxidation sites excluding steroid dienone is 2. The van der Waals surface area contributed by atoms with Gasteiger partial charge in [0.25, 0.3) is 5.91 Å². The monoisotopic (exact) mass is 469 g/mol. The molecule has 1 fully saturated rings. The molecule has 7 N–H and O–H groups in total. The number of nitrogens with zero attached hydrogens (tertiary/aromatic N) is 3. The molecule has 1 aromatic heterocycles. The Balaban J connectivity index is 1.86. The van der Waals surface area contributed by atoms with Gasteiger partial charge in [-0.15, -0.1) is 0 Å². The number of nitrogens with two attached hydrogens (primary N) is 3. The zero-order valence-electron chi connectivity index (χ0n) is 18.7. The van der Waals surface area contributed by atoms with Crippen molar-refractivity contribution >= 4 is 17.6 Å². The number of carbonyl (C=O) groups is 2. The summed E-state index contributed by atoms with van der Waals surface area (Å²) in [5.41, 5.74) is 17.3. The SMILES string of the molecule is Cc1nc(C(F)(F)F)nc(N)c1CCC1CCN(C(=O)C(C)NC(=O)/C(N)=C/C=C\N)CC1. The maximum Gasteiger partial charge on any atom is 0.451 e. The van der Waals surface area contributed by atoms with Gasteiger partial charge in [-0.1, -0.05) is 0 Å². The number of aryl methyl sites for hydroxylation is 1. The number of rotatable bonds is 7. The first kappa shape index (κ1) is 25.9. The van der Waals surface area contributed by atoms with Crippen LogP contribution in [0.5, 0.6) is 0 Å². The van der Waals surface area contributed by atoms with E-state index >= 15 is 0 Å². The molecule has 1 saturated heterocycles. The molecule has 2 rings (SSSR count). The van der Waals surface area contributed by atoms with E-state index in [1.54, 1.807) is 11.8 Å². The Labute approximate surface area is 190 Å². The molecule has 1 aromatic rings. The highest BCUT2D eigenvalue weighted by atomic mass is 19.4. The number of hydrogen-bond acceptors (Lipinski definition) is 7. The molecule has 1 aliphatic heterocycles. The van der Waals surface area contributed by atoms with Crippen molar-refractivity contribution in [3.8, 4) is 0 Å². The summed E-state index contributed by atoms with van der Waals surface area (Å²) < 4.78 is 38.5. The second-order valence-corrected chi connectivity index (χ2v) is 8.00. The van der Waals surface area contributed by atoms with E-state index in [2.05, 4.69) is 15.3 Å². The number of nitrogen functional groups attached to an aromatic ring is 1. The number of anilines is 1. The third kappa shape index (κ3) is 7.09. The Bertz CT molecular complexity index is 900. The number of alkyl halides is 3. The predicted molar refractivity (Wildman–Crippen MR) is 117 cm³/mol. The van der Waals surface area contributed by atoms with E-state index in [0.29, 0.717) is 31.5 Å². The van der Waals surface area contributed by atoms with Gasteiger partial charge < -0.3 is 27.4 Å². The van der Waals surface area contributed by atoms with Crippen molar-refractivity contribution in [2.24, 2.45) is 17.4 Å². The van der Waals surface area contributed by atoms with Crippen LogP contribution in [0.3, 0.4) is 0 Å². The van der Waals surface area contributed by atoms with E-state index < -0.39 is 23.9 Å². The summed E-state index contributed by atoms with van der Waals surface area (Å²) in [5.74, 6) is -1.87. The van der Waals surface area contributed by atoms with Crippen LogP contribution in [0.25, 0.3) is 0 Å². The van der Waals surface area contributed by atoms with Crippen LogP contribution in [-0.2, 0) is 22.2 Å². The molecular weight excluding hydrogens is 439 g/mol. The maximum atomic E-state index is 12.8. The van der Waals surface area contributed by atoms with Crippen LogP contribution >= 0.6 is 0 Å². The molecule has 0 spiro atoms. The fraction of sp³-hybridized carbons (Fsp3) is 0.524. The van der Waals surface area contributed by atoms with Crippen molar-refractivity contribution < 1.29 is 22.8 Å². The number of halogens is 3. The van der Waals surface area contributed by atoms with Crippen molar-refractivity contribution in [2.75, 3.05) is 18.8 Å². The lowest BCUT2D eigenvalue weighted by atomic mass is 9.90. The lowest BCUT2D eigenvalue weighted by Gasteiger charge is -2.34. The number of nitrogens with one attached hydrogen (secondary N) is 1. The first-order valence-corrected chi connectivity index (χ1v) is 10.6. The van der Waals surface area contributed by atoms with Crippen molar-refractivity contribution in [3.63, 3.8) is 0 Å². The van der Waals surface area contributed by atoms with Crippen LogP contribution in [0.15, 0.2) is 24.0 Å². The fourth-order valence-electron chi connectivity index (χ4n) is 3.69. The third-order valence-electron chi connectivity index (χ3n) is 5.60. The second-order valence-electron chi connectivity index (χ2n) is 8.00. The van der Waals surface area contributed by atoms with Crippen molar-refractivity contribution in [1.82, 2.24) is 20.2 Å². The van der Waals surface area contributed by atoms with Crippen LogP contribution in [0.1, 0.15) is 43.3 Å². The van der Waals surface area contributed by atoms with E-state index in [4.69, 9.17) is 17.2 Å². The summed E-state index contributed by atoms with van der Waals surface area (Å²) in [6.45, 7) is 4.12. The lowest BCUT2D eigenvalue weighted by Crippen LogP contribution is -2.50. The molecule has 2 amide bonds. The van der Waals surface area contributed by atoms with E-state index in [1.165, 1.54) is 25.3 Å². The van der Waals surface area contributed by atoms with Gasteiger partial charge in [-0.05, 0) is 63.8 Å². The Hall–Kier alpha value is -3.31. The maximum absolute atomic E-state index is 12.8. The molecule has 2 heterocycles. The van der Waals surface area contributed by atoms with Crippen LogP contribution in [0.4, 0.5) is 19.0 Å². The van der Waals surface area contributed by atoms with Gasteiger partial charge in [0.1, 0.15) is 11.9 Å². The molecule has 0 bridgehead atoms. The molecule has 9 nitrogen and oxygen atoms in total. The van der Waals surface area contributed by atoms with Gasteiger partial charge >= 0.3 is 6.18 Å². The molecule has 33 heavy (non-hydrogen) atoms. The van der Waals surface area contributed by atoms with E-state index in [0.717, 1.165) is 12.8 Å². The molecular formula is C21H30F3N7O2. The van der Waals surface area contributed by atoms with Crippen LogP contribution in [0, 0.1) is 12.8 Å². The largest absolute Gasteiger partial charge is 0.451 e. The third-order valence-corrected chi connectivity index (χ3v) is 5.60. The van der Waals surface area contributed by atoms with Gasteiger partial charge in [0.15, 0.2) is 0 Å². The summed E-state index contributed by atoms with van der Waals surface area (Å²) in [5, 5.41) is 2.57. The number of likely N-dealkylation sites (tertiary alicyclic amines) is 1. The summed E-state index contributed by atoms with van der Waals surface area (Å²) in [4.78, 5) is 33.3. The molecule has 0 aliphatic carbocycles. The first-order valence-electron chi connectivity index (χ1n) is 10.6. The number of hydrogen-bond donors (Lipinski definition) is 4. The normalized spacial score (nSPS) is 16.8.